The molecule has 48 heavy (non-hydrogen) atoms. The van der Waals surface area contributed by atoms with Gasteiger partial charge in [0.1, 0.15) is 42.8 Å². The molecule has 3 heterocycles. The van der Waals surface area contributed by atoms with E-state index in [1.807, 2.05) is 36.4 Å². The predicted octanol–water partition coefficient (Wildman–Crippen LogP) is 6.37. The standard InChI is InChI=1S/C33H34F3N5O6.ClH/c1-44-30-18-28(45-21-23-2-5-25(6-3-23)33(34,35)36)9-4-24(30)19-38-14-16-39(17-15-38)26-7-10-27(11-8-26)46-22-29-12-13-40-20-31(41(42)43)37-32(40)47-29;/h2-11,18,20,29H,12-17,19,21-22H2,1H3;1H. The summed E-state index contributed by atoms with van der Waals surface area (Å²) in [6, 6.07) is 18.7. The van der Waals surface area contributed by atoms with Crippen LogP contribution in [-0.4, -0.2) is 65.4 Å². The molecule has 1 atom stereocenters. The molecular formula is C33H35ClF3N5O6. The van der Waals surface area contributed by atoms with Gasteiger partial charge in [-0.3, -0.25) is 9.47 Å². The van der Waals surface area contributed by atoms with Gasteiger partial charge in [-0.1, -0.05) is 18.2 Å². The molecule has 15 heteroatoms. The second kappa shape index (κ2) is 15.0. The topological polar surface area (TPSA) is 104 Å². The van der Waals surface area contributed by atoms with Crippen molar-refractivity contribution in [3.63, 3.8) is 0 Å². The molecule has 2 aliphatic heterocycles. The monoisotopic (exact) mass is 689 g/mol. The zero-order valence-corrected chi connectivity index (χ0v) is 26.9. The van der Waals surface area contributed by atoms with E-state index in [4.69, 9.17) is 18.9 Å². The van der Waals surface area contributed by atoms with Crippen molar-refractivity contribution in [3.8, 4) is 23.3 Å². The minimum Gasteiger partial charge on any atom is -0.496 e. The lowest BCUT2D eigenvalue weighted by molar-refractivity contribution is -0.389. The maximum absolute atomic E-state index is 12.8. The fraction of sp³-hybridized carbons (Fsp3) is 0.364. The van der Waals surface area contributed by atoms with E-state index in [1.54, 1.807) is 17.7 Å². The van der Waals surface area contributed by atoms with Gasteiger partial charge in [-0.2, -0.15) is 13.2 Å². The first-order valence-corrected chi connectivity index (χ1v) is 15.2. The van der Waals surface area contributed by atoms with Crippen molar-refractivity contribution >= 4 is 23.9 Å². The van der Waals surface area contributed by atoms with Gasteiger partial charge in [0, 0.05) is 68.0 Å². The maximum Gasteiger partial charge on any atom is 0.416 e. The number of benzene rings is 3. The molecule has 1 aromatic heterocycles. The van der Waals surface area contributed by atoms with Gasteiger partial charge in [-0.05, 0) is 53.0 Å². The molecule has 0 spiro atoms. The van der Waals surface area contributed by atoms with Crippen LogP contribution in [0.1, 0.15) is 23.1 Å². The van der Waals surface area contributed by atoms with Crippen LogP contribution in [-0.2, 0) is 25.9 Å². The van der Waals surface area contributed by atoms with Crippen molar-refractivity contribution in [1.29, 1.82) is 0 Å². The Kier molecular flexibility index (Phi) is 10.8. The van der Waals surface area contributed by atoms with Crippen LogP contribution in [0.5, 0.6) is 23.3 Å². The van der Waals surface area contributed by atoms with E-state index in [9.17, 15) is 23.3 Å². The van der Waals surface area contributed by atoms with Crippen molar-refractivity contribution in [2.75, 3.05) is 44.8 Å². The largest absolute Gasteiger partial charge is 0.496 e. The SMILES string of the molecule is COc1cc(OCc2ccc(C(F)(F)F)cc2)ccc1CN1CCN(c2ccc(OCC3CCn4cc([N+](=O)[O-])nc4O3)cc2)CC1.Cl. The second-order valence-corrected chi connectivity index (χ2v) is 11.4. The normalized spacial score (nSPS) is 16.3. The number of alkyl halides is 3. The minimum absolute atomic E-state index is 0. The van der Waals surface area contributed by atoms with Gasteiger partial charge in [0.05, 0.1) is 12.7 Å². The Balaban J connectivity index is 0.00000451. The maximum atomic E-state index is 12.8. The van der Waals surface area contributed by atoms with E-state index in [0.717, 1.165) is 55.3 Å². The van der Waals surface area contributed by atoms with Crippen molar-refractivity contribution < 1.29 is 37.0 Å². The number of hydrogen-bond acceptors (Lipinski definition) is 9. The average molecular weight is 690 g/mol. The first-order valence-electron chi connectivity index (χ1n) is 15.2. The number of ether oxygens (including phenoxy) is 4. The molecule has 11 nitrogen and oxygen atoms in total. The zero-order valence-electron chi connectivity index (χ0n) is 26.1. The minimum atomic E-state index is -4.37. The molecule has 0 radical (unpaired) electrons. The summed E-state index contributed by atoms with van der Waals surface area (Å²) in [5.74, 6) is 1.76. The van der Waals surface area contributed by atoms with Crippen LogP contribution >= 0.6 is 12.4 Å². The Morgan fingerprint density at radius 2 is 1.67 bits per heavy atom. The summed E-state index contributed by atoms with van der Waals surface area (Å²) in [4.78, 5) is 19.0. The molecule has 6 rings (SSSR count). The smallest absolute Gasteiger partial charge is 0.416 e. The Morgan fingerprint density at radius 1 is 0.958 bits per heavy atom. The van der Waals surface area contributed by atoms with Crippen molar-refractivity contribution in [3.05, 3.63) is 99.7 Å². The van der Waals surface area contributed by atoms with E-state index in [-0.39, 0.29) is 36.9 Å². The summed E-state index contributed by atoms with van der Waals surface area (Å²) in [6.45, 7) is 5.18. The molecule has 2 aliphatic rings. The lowest BCUT2D eigenvalue weighted by Crippen LogP contribution is -2.46. The number of hydrogen-bond donors (Lipinski definition) is 0. The van der Waals surface area contributed by atoms with Gasteiger partial charge < -0.3 is 34.0 Å². The van der Waals surface area contributed by atoms with Crippen molar-refractivity contribution in [1.82, 2.24) is 14.5 Å². The van der Waals surface area contributed by atoms with Crippen LogP contribution < -0.4 is 23.8 Å². The van der Waals surface area contributed by atoms with Crippen LogP contribution in [0.4, 0.5) is 24.7 Å². The van der Waals surface area contributed by atoms with Crippen LogP contribution in [0.15, 0.2) is 72.9 Å². The van der Waals surface area contributed by atoms with Gasteiger partial charge in [-0.25, -0.2) is 0 Å². The number of rotatable bonds is 11. The first-order chi connectivity index (χ1) is 22.6. The lowest BCUT2D eigenvalue weighted by Gasteiger charge is -2.36. The number of piperazine rings is 1. The third-order valence-electron chi connectivity index (χ3n) is 8.23. The number of halogens is 4. The lowest BCUT2D eigenvalue weighted by atomic mass is 10.1. The fourth-order valence-corrected chi connectivity index (χ4v) is 5.59. The molecule has 0 saturated carbocycles. The molecule has 0 amide bonds. The summed E-state index contributed by atoms with van der Waals surface area (Å²) in [7, 11) is 1.61. The highest BCUT2D eigenvalue weighted by molar-refractivity contribution is 5.85. The van der Waals surface area contributed by atoms with Crippen LogP contribution in [0.25, 0.3) is 0 Å². The van der Waals surface area contributed by atoms with E-state index < -0.39 is 16.7 Å². The van der Waals surface area contributed by atoms with Gasteiger partial charge in [0.25, 0.3) is 0 Å². The number of fused-ring (bicyclic) bond motifs is 1. The number of anilines is 1. The van der Waals surface area contributed by atoms with Gasteiger partial charge in [-0.15, -0.1) is 12.4 Å². The number of nitrogens with zero attached hydrogens (tertiary/aromatic N) is 5. The molecule has 256 valence electrons. The van der Waals surface area contributed by atoms with Gasteiger partial charge >= 0.3 is 18.0 Å². The van der Waals surface area contributed by atoms with E-state index in [2.05, 4.69) is 14.8 Å². The highest BCUT2D eigenvalue weighted by Gasteiger charge is 2.30. The number of nitro groups is 1. The summed E-state index contributed by atoms with van der Waals surface area (Å²) in [6.07, 6.45) is -2.56. The summed E-state index contributed by atoms with van der Waals surface area (Å²) in [5, 5.41) is 11.0. The predicted molar refractivity (Wildman–Crippen MR) is 173 cm³/mol. The van der Waals surface area contributed by atoms with Crippen molar-refractivity contribution in [2.45, 2.75) is 38.4 Å². The summed E-state index contributed by atoms with van der Waals surface area (Å²) < 4.78 is 63.3. The molecular weight excluding hydrogens is 655 g/mol. The van der Waals surface area contributed by atoms with E-state index in [1.165, 1.54) is 18.3 Å². The number of aryl methyl sites for hydroxylation is 1. The van der Waals surface area contributed by atoms with Crippen LogP contribution in [0, 0.1) is 10.1 Å². The van der Waals surface area contributed by atoms with E-state index >= 15 is 0 Å². The Labute approximate surface area is 281 Å². The van der Waals surface area contributed by atoms with E-state index in [0.29, 0.717) is 43.2 Å². The third kappa shape index (κ3) is 8.42. The van der Waals surface area contributed by atoms with Crippen LogP contribution in [0.3, 0.4) is 0 Å². The molecule has 4 aromatic rings. The molecule has 0 N–H and O–H groups in total. The van der Waals surface area contributed by atoms with Crippen LogP contribution in [0.2, 0.25) is 0 Å². The Morgan fingerprint density at radius 3 is 2.33 bits per heavy atom. The molecule has 0 aliphatic carbocycles. The molecule has 3 aromatic carbocycles. The number of imidazole rings is 1. The highest BCUT2D eigenvalue weighted by atomic mass is 35.5. The molecule has 1 fully saturated rings. The third-order valence-corrected chi connectivity index (χ3v) is 8.23. The first kappa shape index (κ1) is 34.6. The Bertz CT molecular complexity index is 1680. The molecule has 1 saturated heterocycles. The molecule has 0 bridgehead atoms. The second-order valence-electron chi connectivity index (χ2n) is 11.4. The van der Waals surface area contributed by atoms with Crippen molar-refractivity contribution in [2.24, 2.45) is 0 Å². The highest BCUT2D eigenvalue weighted by Crippen LogP contribution is 2.31. The number of aromatic nitrogens is 2. The molecule has 1 unspecified atom stereocenters. The van der Waals surface area contributed by atoms with Gasteiger partial charge in [0.15, 0.2) is 0 Å². The zero-order chi connectivity index (χ0) is 33.0. The van der Waals surface area contributed by atoms with Gasteiger partial charge in [0.2, 0.25) is 0 Å². The number of methoxy groups -OCH3 is 1. The Hall–Kier alpha value is -4.69. The quantitative estimate of drug-likeness (QED) is 0.131. The average Bonchev–Trinajstić information content (AvgIpc) is 3.51. The fourth-order valence-electron chi connectivity index (χ4n) is 5.59. The summed E-state index contributed by atoms with van der Waals surface area (Å²) >= 11 is 0. The summed E-state index contributed by atoms with van der Waals surface area (Å²) in [5.41, 5.74) is 2.08.